The van der Waals surface area contributed by atoms with E-state index < -0.39 is 0 Å². The molecule has 3 N–H and O–H groups in total. The minimum absolute atomic E-state index is 0. The van der Waals surface area contributed by atoms with Crippen molar-refractivity contribution in [2.75, 3.05) is 13.1 Å². The number of carbonyl (C=O) groups excluding carboxylic acids is 1. The topological polar surface area (TPSA) is 69.8 Å². The summed E-state index contributed by atoms with van der Waals surface area (Å²) in [5.41, 5.74) is 2.28. The highest BCUT2D eigenvalue weighted by molar-refractivity contribution is 5.85. The van der Waals surface area contributed by atoms with Gasteiger partial charge in [0, 0.05) is 11.6 Å². The van der Waals surface area contributed by atoms with Crippen LogP contribution in [0.25, 0.3) is 0 Å². The van der Waals surface area contributed by atoms with Gasteiger partial charge in [0.05, 0.1) is 18.6 Å². The molecular formula is C13H22Cl2N4O. The Balaban J connectivity index is 0.000001000. The van der Waals surface area contributed by atoms with E-state index in [-0.39, 0.29) is 36.6 Å². The molecule has 5 nitrogen and oxygen atoms in total. The third kappa shape index (κ3) is 3.27. The van der Waals surface area contributed by atoms with E-state index in [1.807, 2.05) is 6.92 Å². The molecule has 1 aromatic rings. The molecule has 1 aliphatic heterocycles. The zero-order valence-electron chi connectivity index (χ0n) is 11.6. The summed E-state index contributed by atoms with van der Waals surface area (Å²) in [6, 6.07) is 0. The van der Waals surface area contributed by atoms with Crippen LogP contribution in [0.2, 0.25) is 0 Å². The highest BCUT2D eigenvalue weighted by atomic mass is 35.5. The maximum atomic E-state index is 12.1. The summed E-state index contributed by atoms with van der Waals surface area (Å²) < 4.78 is 0. The van der Waals surface area contributed by atoms with Gasteiger partial charge in [0.25, 0.3) is 0 Å². The van der Waals surface area contributed by atoms with Gasteiger partial charge in [0.1, 0.15) is 0 Å². The van der Waals surface area contributed by atoms with E-state index in [4.69, 9.17) is 0 Å². The molecule has 1 unspecified atom stereocenters. The minimum atomic E-state index is 0. The molecule has 7 heteroatoms. The van der Waals surface area contributed by atoms with Gasteiger partial charge in [-0.1, -0.05) is 0 Å². The first kappa shape index (κ1) is 17.3. The summed E-state index contributed by atoms with van der Waals surface area (Å²) in [5, 5.41) is 6.37. The first-order valence-corrected chi connectivity index (χ1v) is 6.69. The molecule has 0 aromatic carbocycles. The number of rotatable bonds is 3. The smallest absolute Gasteiger partial charge is 0.224 e. The second-order valence-electron chi connectivity index (χ2n) is 5.56. The van der Waals surface area contributed by atoms with E-state index in [1.165, 1.54) is 0 Å². The van der Waals surface area contributed by atoms with Crippen LogP contribution in [-0.4, -0.2) is 29.0 Å². The number of nitrogens with one attached hydrogen (secondary N) is 3. The molecule has 1 saturated carbocycles. The summed E-state index contributed by atoms with van der Waals surface area (Å²) >= 11 is 0. The number of H-pyrrole nitrogens is 1. The van der Waals surface area contributed by atoms with Gasteiger partial charge in [-0.2, -0.15) is 0 Å². The molecule has 1 amide bonds. The lowest BCUT2D eigenvalue weighted by Crippen LogP contribution is -2.33. The Hall–Kier alpha value is -0.780. The van der Waals surface area contributed by atoms with Crippen LogP contribution < -0.4 is 10.6 Å². The van der Waals surface area contributed by atoms with Crippen LogP contribution in [0.5, 0.6) is 0 Å². The van der Waals surface area contributed by atoms with Gasteiger partial charge in [-0.25, -0.2) is 4.98 Å². The number of aromatic nitrogens is 2. The Kier molecular flexibility index (Phi) is 5.86. The summed E-state index contributed by atoms with van der Waals surface area (Å²) in [6.45, 7) is 4.63. The first-order valence-electron chi connectivity index (χ1n) is 6.69. The van der Waals surface area contributed by atoms with Crippen LogP contribution >= 0.6 is 24.8 Å². The van der Waals surface area contributed by atoms with E-state index in [0.717, 1.165) is 43.7 Å². The summed E-state index contributed by atoms with van der Waals surface area (Å²) in [6.07, 6.45) is 5.03. The average molecular weight is 321 g/mol. The van der Waals surface area contributed by atoms with Crippen molar-refractivity contribution in [2.45, 2.75) is 32.7 Å². The van der Waals surface area contributed by atoms with Crippen LogP contribution in [0.1, 0.15) is 30.7 Å². The molecule has 20 heavy (non-hydrogen) atoms. The zero-order valence-corrected chi connectivity index (χ0v) is 13.2. The highest BCUT2D eigenvalue weighted by Gasteiger charge is 2.57. The van der Waals surface area contributed by atoms with Gasteiger partial charge in [-0.15, -0.1) is 24.8 Å². The number of hydrogen-bond acceptors (Lipinski definition) is 3. The van der Waals surface area contributed by atoms with Crippen LogP contribution in [0, 0.1) is 18.3 Å². The number of carbonyl (C=O) groups is 1. The Labute approximate surface area is 131 Å². The van der Waals surface area contributed by atoms with E-state index >= 15 is 0 Å². The summed E-state index contributed by atoms with van der Waals surface area (Å²) in [4.78, 5) is 19.3. The molecule has 0 bridgehead atoms. The largest absolute Gasteiger partial charge is 0.350 e. The quantitative estimate of drug-likeness (QED) is 0.791. The Bertz CT molecular complexity index is 457. The van der Waals surface area contributed by atoms with Crippen molar-refractivity contribution in [3.05, 3.63) is 17.7 Å². The van der Waals surface area contributed by atoms with E-state index in [2.05, 4.69) is 20.6 Å². The number of hydrogen-bond donors (Lipinski definition) is 3. The first-order chi connectivity index (χ1) is 8.71. The van der Waals surface area contributed by atoms with Crippen molar-refractivity contribution in [1.29, 1.82) is 0 Å². The fourth-order valence-electron chi connectivity index (χ4n) is 3.06. The number of nitrogens with zero attached hydrogens (tertiary/aromatic N) is 1. The second kappa shape index (κ2) is 6.78. The van der Waals surface area contributed by atoms with Crippen LogP contribution in [-0.2, 0) is 11.3 Å². The molecule has 2 heterocycles. The van der Waals surface area contributed by atoms with Crippen molar-refractivity contribution in [1.82, 2.24) is 20.6 Å². The third-order valence-corrected chi connectivity index (χ3v) is 4.47. The third-order valence-electron chi connectivity index (χ3n) is 4.47. The van der Waals surface area contributed by atoms with Crippen molar-refractivity contribution in [2.24, 2.45) is 11.3 Å². The molecule has 2 fully saturated rings. The van der Waals surface area contributed by atoms with Crippen molar-refractivity contribution < 1.29 is 4.79 Å². The molecule has 1 spiro atoms. The van der Waals surface area contributed by atoms with E-state index in [0.29, 0.717) is 12.0 Å². The fraction of sp³-hybridized carbons (Fsp3) is 0.692. The fourth-order valence-corrected chi connectivity index (χ4v) is 3.06. The molecule has 1 aromatic heterocycles. The van der Waals surface area contributed by atoms with Crippen molar-refractivity contribution in [3.63, 3.8) is 0 Å². The lowest BCUT2D eigenvalue weighted by Gasteiger charge is -2.23. The van der Waals surface area contributed by atoms with Gasteiger partial charge in [0.2, 0.25) is 5.91 Å². The molecule has 2 aliphatic rings. The van der Waals surface area contributed by atoms with Gasteiger partial charge in [-0.3, -0.25) is 4.79 Å². The molecule has 1 aliphatic carbocycles. The number of amides is 1. The minimum Gasteiger partial charge on any atom is -0.350 e. The van der Waals surface area contributed by atoms with Gasteiger partial charge < -0.3 is 15.6 Å². The number of piperidine rings is 1. The van der Waals surface area contributed by atoms with Crippen LogP contribution in [0.4, 0.5) is 0 Å². The zero-order chi connectivity index (χ0) is 12.6. The second-order valence-corrected chi connectivity index (χ2v) is 5.56. The Morgan fingerprint density at radius 1 is 1.45 bits per heavy atom. The van der Waals surface area contributed by atoms with E-state index in [9.17, 15) is 4.79 Å². The highest BCUT2D eigenvalue weighted by Crippen LogP contribution is 2.58. The maximum absolute atomic E-state index is 12.1. The Morgan fingerprint density at radius 3 is 2.75 bits per heavy atom. The molecule has 1 saturated heterocycles. The molecule has 114 valence electrons. The van der Waals surface area contributed by atoms with Crippen LogP contribution in [0.15, 0.2) is 6.33 Å². The maximum Gasteiger partial charge on any atom is 0.224 e. The molecule has 0 radical (unpaired) electrons. The van der Waals surface area contributed by atoms with Crippen molar-refractivity contribution >= 4 is 30.7 Å². The summed E-state index contributed by atoms with van der Waals surface area (Å²) in [7, 11) is 0. The van der Waals surface area contributed by atoms with Gasteiger partial charge in [0.15, 0.2) is 0 Å². The normalized spacial score (nSPS) is 22.6. The lowest BCUT2D eigenvalue weighted by molar-refractivity contribution is -0.123. The predicted molar refractivity (Wildman–Crippen MR) is 82.3 cm³/mol. The van der Waals surface area contributed by atoms with E-state index in [1.54, 1.807) is 6.33 Å². The number of aromatic amines is 1. The van der Waals surface area contributed by atoms with Gasteiger partial charge in [-0.05, 0) is 44.7 Å². The number of aryl methyl sites for hydroxylation is 1. The standard InChI is InChI=1S/C13H20N4O.2ClH/c1-9-11(17-8-16-9)7-15-12(18)10-6-13(10)2-4-14-5-3-13;;/h8,10,14H,2-7H2,1H3,(H,15,18)(H,16,17);2*1H. The average Bonchev–Trinajstić information content (AvgIpc) is 2.90. The molecular weight excluding hydrogens is 299 g/mol. The molecule has 1 atom stereocenters. The monoisotopic (exact) mass is 320 g/mol. The SMILES string of the molecule is Cc1[nH]cnc1CNC(=O)C1CC12CCNCC2.Cl.Cl. The number of imidazole rings is 1. The van der Waals surface area contributed by atoms with Gasteiger partial charge >= 0.3 is 0 Å². The Morgan fingerprint density at radius 2 is 2.15 bits per heavy atom. The predicted octanol–water partition coefficient (Wildman–Crippen LogP) is 1.57. The van der Waals surface area contributed by atoms with Crippen LogP contribution in [0.3, 0.4) is 0 Å². The van der Waals surface area contributed by atoms with Crippen molar-refractivity contribution in [3.8, 4) is 0 Å². The lowest BCUT2D eigenvalue weighted by atomic mass is 9.92. The summed E-state index contributed by atoms with van der Waals surface area (Å²) in [5.74, 6) is 0.443. The molecule has 3 rings (SSSR count). The number of halogens is 2.